The Kier molecular flexibility index (Phi) is 9.63. The average Bonchev–Trinajstić information content (AvgIpc) is 2.85. The Morgan fingerprint density at radius 1 is 1.22 bits per heavy atom. The topological polar surface area (TPSA) is 77.4 Å². The minimum atomic E-state index is -4.56. The van der Waals surface area contributed by atoms with Crippen LogP contribution in [0.3, 0.4) is 0 Å². The van der Waals surface area contributed by atoms with Gasteiger partial charge in [-0.15, -0.1) is 0 Å². The molecule has 1 saturated heterocycles. The van der Waals surface area contributed by atoms with E-state index in [1.807, 2.05) is 4.90 Å². The molecule has 3 rings (SSSR count). The van der Waals surface area contributed by atoms with Gasteiger partial charge in [-0.1, -0.05) is 32.1 Å². The highest BCUT2D eigenvalue weighted by atomic mass is 32.2. The zero-order valence-electron chi connectivity index (χ0n) is 21.6. The van der Waals surface area contributed by atoms with Crippen molar-refractivity contribution in [3.8, 4) is 0 Å². The van der Waals surface area contributed by atoms with Gasteiger partial charge in [-0.05, 0) is 70.6 Å². The highest BCUT2D eigenvalue weighted by Crippen LogP contribution is 2.37. The summed E-state index contributed by atoms with van der Waals surface area (Å²) < 4.78 is 57.8. The Labute approximate surface area is 214 Å². The minimum Gasteiger partial charge on any atom is -0.370 e. The van der Waals surface area contributed by atoms with Gasteiger partial charge in [-0.25, -0.2) is 22.2 Å². The summed E-state index contributed by atoms with van der Waals surface area (Å²) in [5.41, 5.74) is 0.258. The maximum absolute atomic E-state index is 15.1. The molecule has 1 aliphatic heterocycles. The molecule has 1 aromatic carbocycles. The molecule has 0 amide bonds. The summed E-state index contributed by atoms with van der Waals surface area (Å²) in [7, 11) is 1.09. The maximum atomic E-state index is 15.1. The summed E-state index contributed by atoms with van der Waals surface area (Å²) in [6.45, 7) is 4.58. The number of likely N-dealkylation sites (N-methyl/N-ethyl adjacent to an activating group) is 1. The highest BCUT2D eigenvalue weighted by molar-refractivity contribution is 7.89. The molecule has 1 saturated carbocycles. The quantitative estimate of drug-likeness (QED) is 0.449. The van der Waals surface area contributed by atoms with E-state index in [1.54, 1.807) is 0 Å². The maximum Gasteiger partial charge on any atom is 0.268 e. The summed E-state index contributed by atoms with van der Waals surface area (Å²) in [4.78, 5) is 10.4. The SMILES string of the molecule is C=N/C(=C\C=NC)NS(=O)(=O)c1c(F)cc(N2CCC[C@@](CCC3CCCCC3)(N(C)C)C2)cc1F. The van der Waals surface area contributed by atoms with Crippen LogP contribution < -0.4 is 9.62 Å². The Bertz CT molecular complexity index is 1060. The van der Waals surface area contributed by atoms with Crippen LogP contribution in [-0.2, 0) is 10.0 Å². The molecule has 200 valence electrons. The third-order valence-electron chi connectivity index (χ3n) is 7.65. The molecule has 10 heteroatoms. The van der Waals surface area contributed by atoms with E-state index in [0.29, 0.717) is 18.8 Å². The lowest BCUT2D eigenvalue weighted by Crippen LogP contribution is -2.56. The molecule has 1 N–H and O–H groups in total. The fourth-order valence-electron chi connectivity index (χ4n) is 5.51. The summed E-state index contributed by atoms with van der Waals surface area (Å²) in [5.74, 6) is -1.72. The predicted molar refractivity (Wildman–Crippen MR) is 142 cm³/mol. The number of piperidine rings is 1. The number of benzene rings is 1. The fourth-order valence-corrected chi connectivity index (χ4v) is 6.65. The van der Waals surface area contributed by atoms with Crippen molar-refractivity contribution in [2.45, 2.75) is 68.2 Å². The van der Waals surface area contributed by atoms with E-state index < -0.39 is 26.6 Å². The lowest BCUT2D eigenvalue weighted by atomic mass is 9.78. The van der Waals surface area contributed by atoms with Crippen molar-refractivity contribution in [3.05, 3.63) is 35.7 Å². The molecule has 2 aliphatic rings. The number of halogens is 2. The standard InChI is InChI=1S/C26H39F2N5O2S/c1-29-15-12-24(30-2)31-36(34,35)25-22(27)17-21(18-23(25)28)33-16-8-13-26(19-33,32(3)4)14-11-20-9-6-5-7-10-20/h12,15,17-18,20,31H,2,5-11,13-14,16,19H2,1,3-4H3/b24-12+,29-15?/t26-/m0/s1. The number of nitrogens with one attached hydrogen (secondary N) is 1. The number of hydrogen-bond donors (Lipinski definition) is 1. The predicted octanol–water partition coefficient (Wildman–Crippen LogP) is 4.75. The second-order valence-electron chi connectivity index (χ2n) is 10.1. The van der Waals surface area contributed by atoms with Gasteiger partial charge in [-0.3, -0.25) is 9.71 Å². The Hall–Kier alpha value is -2.33. The molecule has 2 fully saturated rings. The van der Waals surface area contributed by atoms with Gasteiger partial charge < -0.3 is 9.80 Å². The molecule has 0 spiro atoms. The molecular formula is C26H39F2N5O2S. The molecule has 1 aliphatic carbocycles. The summed E-state index contributed by atoms with van der Waals surface area (Å²) in [6.07, 6.45) is 13.2. The summed E-state index contributed by atoms with van der Waals surface area (Å²) in [5, 5.41) is 0. The first-order chi connectivity index (χ1) is 17.1. The van der Waals surface area contributed by atoms with Crippen LogP contribution in [0.2, 0.25) is 0 Å². The zero-order chi connectivity index (χ0) is 26.3. The molecule has 1 aromatic rings. The molecule has 0 unspecified atom stereocenters. The van der Waals surface area contributed by atoms with Crippen molar-refractivity contribution >= 4 is 28.6 Å². The highest BCUT2D eigenvalue weighted by Gasteiger charge is 2.38. The number of sulfonamides is 1. The molecule has 0 radical (unpaired) electrons. The largest absolute Gasteiger partial charge is 0.370 e. The van der Waals surface area contributed by atoms with E-state index in [4.69, 9.17) is 0 Å². The van der Waals surface area contributed by atoms with Crippen LogP contribution in [-0.4, -0.2) is 66.0 Å². The monoisotopic (exact) mass is 523 g/mol. The number of aliphatic imine (C=N–C) groups is 2. The molecule has 7 nitrogen and oxygen atoms in total. The Morgan fingerprint density at radius 3 is 2.47 bits per heavy atom. The first kappa shape index (κ1) is 28.2. The number of hydrogen-bond acceptors (Lipinski definition) is 6. The van der Waals surface area contributed by atoms with Gasteiger partial charge >= 0.3 is 0 Å². The van der Waals surface area contributed by atoms with Crippen LogP contribution in [0.4, 0.5) is 14.5 Å². The van der Waals surface area contributed by atoms with Crippen LogP contribution >= 0.6 is 0 Å². The van der Waals surface area contributed by atoms with Gasteiger partial charge in [0.15, 0.2) is 4.90 Å². The van der Waals surface area contributed by atoms with Crippen LogP contribution in [0.1, 0.15) is 57.8 Å². The molecule has 1 heterocycles. The lowest BCUT2D eigenvalue weighted by molar-refractivity contribution is 0.103. The molecule has 1 atom stereocenters. The van der Waals surface area contributed by atoms with E-state index >= 15 is 8.78 Å². The first-order valence-electron chi connectivity index (χ1n) is 12.7. The summed E-state index contributed by atoms with van der Waals surface area (Å²) in [6, 6.07) is 2.23. The van der Waals surface area contributed by atoms with Crippen molar-refractivity contribution in [1.29, 1.82) is 0 Å². The van der Waals surface area contributed by atoms with Crippen LogP contribution in [0.5, 0.6) is 0 Å². The van der Waals surface area contributed by atoms with Gasteiger partial charge in [-0.2, -0.15) is 0 Å². The third-order valence-corrected chi connectivity index (χ3v) is 9.06. The van der Waals surface area contributed by atoms with Crippen molar-refractivity contribution in [3.63, 3.8) is 0 Å². The van der Waals surface area contributed by atoms with Gasteiger partial charge in [0.25, 0.3) is 10.0 Å². The molecular weight excluding hydrogens is 484 g/mol. The normalized spacial score (nSPS) is 22.4. The van der Waals surface area contributed by atoms with E-state index in [2.05, 4.69) is 40.4 Å². The molecule has 0 bridgehead atoms. The number of allylic oxidation sites excluding steroid dienone is 1. The first-order valence-corrected chi connectivity index (χ1v) is 14.1. The summed E-state index contributed by atoms with van der Waals surface area (Å²) >= 11 is 0. The second kappa shape index (κ2) is 12.3. The van der Waals surface area contributed by atoms with Crippen molar-refractivity contribution in [2.75, 3.05) is 39.1 Å². The van der Waals surface area contributed by atoms with Crippen molar-refractivity contribution < 1.29 is 17.2 Å². The Balaban J connectivity index is 1.82. The van der Waals surface area contributed by atoms with Crippen LogP contribution in [0.25, 0.3) is 0 Å². The van der Waals surface area contributed by atoms with E-state index in [0.717, 1.165) is 43.7 Å². The van der Waals surface area contributed by atoms with E-state index in [1.165, 1.54) is 51.4 Å². The molecule has 36 heavy (non-hydrogen) atoms. The number of nitrogens with zero attached hydrogens (tertiary/aromatic N) is 4. The Morgan fingerprint density at radius 2 is 1.89 bits per heavy atom. The fraction of sp³-hybridized carbons (Fsp3) is 0.615. The smallest absolute Gasteiger partial charge is 0.268 e. The van der Waals surface area contributed by atoms with Crippen molar-refractivity contribution in [1.82, 2.24) is 9.62 Å². The van der Waals surface area contributed by atoms with Crippen LogP contribution in [0.15, 0.2) is 38.9 Å². The van der Waals surface area contributed by atoms with E-state index in [-0.39, 0.29) is 11.4 Å². The van der Waals surface area contributed by atoms with Gasteiger partial charge in [0.1, 0.15) is 17.5 Å². The lowest BCUT2D eigenvalue weighted by Gasteiger charge is -2.48. The van der Waals surface area contributed by atoms with Gasteiger partial charge in [0.05, 0.1) is 0 Å². The van der Waals surface area contributed by atoms with E-state index in [9.17, 15) is 8.42 Å². The number of anilines is 1. The minimum absolute atomic E-state index is 0.0922. The van der Waals surface area contributed by atoms with Gasteiger partial charge in [0.2, 0.25) is 0 Å². The zero-order valence-corrected chi connectivity index (χ0v) is 22.5. The third kappa shape index (κ3) is 6.70. The van der Waals surface area contributed by atoms with Crippen molar-refractivity contribution in [2.24, 2.45) is 15.9 Å². The van der Waals surface area contributed by atoms with Gasteiger partial charge in [0, 0.05) is 37.6 Å². The second-order valence-corrected chi connectivity index (χ2v) is 11.8. The average molecular weight is 524 g/mol. The van der Waals surface area contributed by atoms with Crippen LogP contribution in [0, 0.1) is 17.6 Å². The molecule has 0 aromatic heterocycles. The number of rotatable bonds is 10.